The van der Waals surface area contributed by atoms with Crippen LogP contribution < -0.4 is 11.1 Å². The van der Waals surface area contributed by atoms with Crippen LogP contribution in [-0.2, 0) is 0 Å². The quantitative estimate of drug-likeness (QED) is 0.636. The van der Waals surface area contributed by atoms with Crippen molar-refractivity contribution in [1.82, 2.24) is 0 Å². The SMILES string of the molecule is Cc1cc(NC2(CO)CC2)ccc1N. The van der Waals surface area contributed by atoms with Crippen molar-refractivity contribution >= 4 is 11.4 Å². The van der Waals surface area contributed by atoms with Gasteiger partial charge in [-0.1, -0.05) is 0 Å². The smallest absolute Gasteiger partial charge is 0.0661 e. The van der Waals surface area contributed by atoms with E-state index in [1.165, 1.54) is 0 Å². The molecule has 3 heteroatoms. The second-order valence-corrected chi connectivity index (χ2v) is 4.13. The highest BCUT2D eigenvalue weighted by atomic mass is 16.3. The molecule has 0 aromatic heterocycles. The Morgan fingerprint density at radius 1 is 1.50 bits per heavy atom. The van der Waals surface area contributed by atoms with E-state index < -0.39 is 0 Å². The van der Waals surface area contributed by atoms with Crippen LogP contribution in [0.5, 0.6) is 0 Å². The van der Waals surface area contributed by atoms with Gasteiger partial charge in [-0.3, -0.25) is 0 Å². The van der Waals surface area contributed by atoms with Gasteiger partial charge in [0.2, 0.25) is 0 Å². The Morgan fingerprint density at radius 2 is 2.21 bits per heavy atom. The number of aryl methyl sites for hydroxylation is 1. The Hall–Kier alpha value is -1.22. The predicted octanol–water partition coefficient (Wildman–Crippen LogP) is 1.51. The Morgan fingerprint density at radius 3 is 2.71 bits per heavy atom. The van der Waals surface area contributed by atoms with Gasteiger partial charge < -0.3 is 16.2 Å². The Kier molecular flexibility index (Phi) is 2.11. The highest BCUT2D eigenvalue weighted by Gasteiger charge is 2.41. The number of nitrogens with one attached hydrogen (secondary N) is 1. The maximum absolute atomic E-state index is 9.15. The maximum Gasteiger partial charge on any atom is 0.0661 e. The molecule has 76 valence electrons. The lowest BCUT2D eigenvalue weighted by Gasteiger charge is -2.16. The van der Waals surface area contributed by atoms with E-state index in [0.29, 0.717) is 0 Å². The van der Waals surface area contributed by atoms with Crippen LogP contribution in [-0.4, -0.2) is 17.3 Å². The molecule has 0 unspecified atom stereocenters. The monoisotopic (exact) mass is 192 g/mol. The number of anilines is 2. The van der Waals surface area contributed by atoms with E-state index in [4.69, 9.17) is 10.8 Å². The van der Waals surface area contributed by atoms with Gasteiger partial charge in [-0.2, -0.15) is 0 Å². The molecule has 1 aromatic rings. The molecule has 14 heavy (non-hydrogen) atoms. The zero-order valence-corrected chi connectivity index (χ0v) is 8.38. The number of aliphatic hydroxyl groups is 1. The van der Waals surface area contributed by atoms with Gasteiger partial charge in [0.1, 0.15) is 0 Å². The molecule has 0 atom stereocenters. The molecule has 0 aliphatic heterocycles. The summed E-state index contributed by atoms with van der Waals surface area (Å²) in [7, 11) is 0. The third kappa shape index (κ3) is 1.68. The first kappa shape index (κ1) is 9.34. The van der Waals surface area contributed by atoms with Crippen LogP contribution in [0.15, 0.2) is 18.2 Å². The number of benzene rings is 1. The molecule has 3 nitrogen and oxygen atoms in total. The lowest BCUT2D eigenvalue weighted by Crippen LogP contribution is -2.25. The molecule has 1 aliphatic carbocycles. The topological polar surface area (TPSA) is 58.3 Å². The standard InChI is InChI=1S/C11H16N2O/c1-8-6-9(2-3-10(8)12)13-11(7-14)4-5-11/h2-3,6,13-14H,4-5,7,12H2,1H3. The summed E-state index contributed by atoms with van der Waals surface area (Å²) in [6.45, 7) is 2.19. The minimum Gasteiger partial charge on any atom is -0.399 e. The van der Waals surface area contributed by atoms with Gasteiger partial charge in [0.05, 0.1) is 12.1 Å². The Labute approximate surface area is 83.9 Å². The minimum absolute atomic E-state index is 0.0530. The minimum atomic E-state index is -0.0530. The number of rotatable bonds is 3. The number of aliphatic hydroxyl groups excluding tert-OH is 1. The zero-order valence-electron chi connectivity index (χ0n) is 8.38. The summed E-state index contributed by atoms with van der Waals surface area (Å²) in [5, 5.41) is 12.5. The highest BCUT2D eigenvalue weighted by molar-refractivity contribution is 5.58. The van der Waals surface area contributed by atoms with Gasteiger partial charge >= 0.3 is 0 Å². The van der Waals surface area contributed by atoms with Crippen LogP contribution in [0.3, 0.4) is 0 Å². The average Bonchev–Trinajstić information content (AvgIpc) is 2.93. The second kappa shape index (κ2) is 3.17. The first-order chi connectivity index (χ1) is 6.65. The molecule has 1 saturated carbocycles. The summed E-state index contributed by atoms with van der Waals surface area (Å²) >= 11 is 0. The lowest BCUT2D eigenvalue weighted by molar-refractivity contribution is 0.266. The third-order valence-electron chi connectivity index (χ3n) is 2.84. The van der Waals surface area contributed by atoms with Gasteiger partial charge in [0.25, 0.3) is 0 Å². The van der Waals surface area contributed by atoms with Crippen molar-refractivity contribution in [2.45, 2.75) is 25.3 Å². The normalized spacial score (nSPS) is 17.9. The van der Waals surface area contributed by atoms with Crippen LogP contribution in [0.4, 0.5) is 11.4 Å². The molecule has 1 aliphatic rings. The third-order valence-corrected chi connectivity index (χ3v) is 2.84. The van der Waals surface area contributed by atoms with Gasteiger partial charge in [0, 0.05) is 11.4 Å². The van der Waals surface area contributed by atoms with Crippen molar-refractivity contribution in [2.24, 2.45) is 0 Å². The number of nitrogen functional groups attached to an aromatic ring is 1. The average molecular weight is 192 g/mol. The van der Waals surface area contributed by atoms with E-state index in [2.05, 4.69) is 5.32 Å². The van der Waals surface area contributed by atoms with Gasteiger partial charge in [-0.05, 0) is 43.5 Å². The molecule has 0 bridgehead atoms. The van der Waals surface area contributed by atoms with Crippen LogP contribution in [0.25, 0.3) is 0 Å². The van der Waals surface area contributed by atoms with Crippen molar-refractivity contribution in [1.29, 1.82) is 0 Å². The predicted molar refractivity (Wildman–Crippen MR) is 58.3 cm³/mol. The Balaban J connectivity index is 2.14. The molecule has 1 fully saturated rings. The van der Waals surface area contributed by atoms with E-state index in [1.807, 2.05) is 25.1 Å². The number of hydrogen-bond donors (Lipinski definition) is 3. The number of hydrogen-bond acceptors (Lipinski definition) is 3. The summed E-state index contributed by atoms with van der Waals surface area (Å²) in [6, 6.07) is 5.87. The summed E-state index contributed by atoms with van der Waals surface area (Å²) in [4.78, 5) is 0. The first-order valence-electron chi connectivity index (χ1n) is 4.90. The van der Waals surface area contributed by atoms with E-state index in [9.17, 15) is 0 Å². The lowest BCUT2D eigenvalue weighted by atomic mass is 10.1. The fraction of sp³-hybridized carbons (Fsp3) is 0.455. The highest BCUT2D eigenvalue weighted by Crippen LogP contribution is 2.38. The molecular weight excluding hydrogens is 176 g/mol. The fourth-order valence-corrected chi connectivity index (χ4v) is 1.53. The van der Waals surface area contributed by atoms with Gasteiger partial charge in [0.15, 0.2) is 0 Å². The van der Waals surface area contributed by atoms with Crippen molar-refractivity contribution in [3.63, 3.8) is 0 Å². The molecule has 4 N–H and O–H groups in total. The summed E-state index contributed by atoms with van der Waals surface area (Å²) in [5.74, 6) is 0. The molecule has 0 saturated heterocycles. The molecule has 1 aromatic carbocycles. The molecule has 0 spiro atoms. The molecule has 2 rings (SSSR count). The van der Waals surface area contributed by atoms with Crippen LogP contribution in [0, 0.1) is 6.92 Å². The second-order valence-electron chi connectivity index (χ2n) is 4.13. The van der Waals surface area contributed by atoms with E-state index in [-0.39, 0.29) is 12.1 Å². The summed E-state index contributed by atoms with van der Waals surface area (Å²) in [6.07, 6.45) is 2.10. The van der Waals surface area contributed by atoms with Crippen molar-refractivity contribution in [3.05, 3.63) is 23.8 Å². The van der Waals surface area contributed by atoms with Crippen LogP contribution >= 0.6 is 0 Å². The molecule has 0 amide bonds. The van der Waals surface area contributed by atoms with Crippen molar-refractivity contribution in [3.8, 4) is 0 Å². The van der Waals surface area contributed by atoms with Crippen molar-refractivity contribution < 1.29 is 5.11 Å². The molecule has 0 radical (unpaired) electrons. The van der Waals surface area contributed by atoms with Gasteiger partial charge in [-0.15, -0.1) is 0 Å². The summed E-state index contributed by atoms with van der Waals surface area (Å²) in [5.41, 5.74) is 8.60. The van der Waals surface area contributed by atoms with E-state index in [1.54, 1.807) is 0 Å². The number of nitrogens with two attached hydrogens (primary N) is 1. The van der Waals surface area contributed by atoms with Gasteiger partial charge in [-0.25, -0.2) is 0 Å². The van der Waals surface area contributed by atoms with Crippen LogP contribution in [0.1, 0.15) is 18.4 Å². The fourth-order valence-electron chi connectivity index (χ4n) is 1.53. The summed E-state index contributed by atoms with van der Waals surface area (Å²) < 4.78 is 0. The Bertz CT molecular complexity index is 345. The van der Waals surface area contributed by atoms with Crippen LogP contribution in [0.2, 0.25) is 0 Å². The van der Waals surface area contributed by atoms with E-state index >= 15 is 0 Å². The maximum atomic E-state index is 9.15. The molecular formula is C11H16N2O. The zero-order chi connectivity index (χ0) is 10.2. The first-order valence-corrected chi connectivity index (χ1v) is 4.90. The molecule has 0 heterocycles. The van der Waals surface area contributed by atoms with E-state index in [0.717, 1.165) is 29.8 Å². The largest absolute Gasteiger partial charge is 0.399 e. The van der Waals surface area contributed by atoms with Crippen molar-refractivity contribution in [2.75, 3.05) is 17.7 Å².